The molecule has 5 rings (SSSR count). The predicted molar refractivity (Wildman–Crippen MR) is 125 cm³/mol. The average Bonchev–Trinajstić information content (AvgIpc) is 3.20. The van der Waals surface area contributed by atoms with Crippen LogP contribution < -0.4 is 15.7 Å². The van der Waals surface area contributed by atoms with Gasteiger partial charge in [0, 0.05) is 56.7 Å². The van der Waals surface area contributed by atoms with Gasteiger partial charge >= 0.3 is 0 Å². The molecule has 1 fully saturated rings. The van der Waals surface area contributed by atoms with Gasteiger partial charge in [0.2, 0.25) is 0 Å². The number of benzene rings is 1. The van der Waals surface area contributed by atoms with Gasteiger partial charge in [-0.3, -0.25) is 0 Å². The normalized spacial score (nSPS) is 14.8. The van der Waals surface area contributed by atoms with E-state index in [0.717, 1.165) is 54.6 Å². The van der Waals surface area contributed by atoms with Gasteiger partial charge in [-0.25, -0.2) is 9.97 Å². The zero-order valence-corrected chi connectivity index (χ0v) is 17.6. The van der Waals surface area contributed by atoms with Crippen molar-refractivity contribution >= 4 is 30.6 Å². The Morgan fingerprint density at radius 3 is 2.55 bits per heavy atom. The second kappa shape index (κ2) is 8.39. The molecule has 1 aliphatic heterocycles. The number of anilines is 2. The van der Waals surface area contributed by atoms with Crippen LogP contribution in [-0.4, -0.2) is 65.6 Å². The highest BCUT2D eigenvalue weighted by Gasteiger charge is 2.15. The van der Waals surface area contributed by atoms with E-state index in [-0.39, 0.29) is 0 Å². The molecule has 0 amide bonds. The van der Waals surface area contributed by atoms with Gasteiger partial charge in [0.15, 0.2) is 5.65 Å². The molecule has 8 heteroatoms. The molecule has 1 saturated heterocycles. The van der Waals surface area contributed by atoms with Gasteiger partial charge in [-0.15, -0.1) is 0 Å². The monoisotopic (exact) mass is 409 g/mol. The molecule has 0 atom stereocenters. The van der Waals surface area contributed by atoms with Crippen molar-refractivity contribution in [3.63, 3.8) is 0 Å². The first kappa shape index (κ1) is 19.6. The van der Waals surface area contributed by atoms with Crippen molar-refractivity contribution in [1.82, 2.24) is 24.5 Å². The molecule has 0 saturated carbocycles. The highest BCUT2D eigenvalue weighted by atomic mass is 15.3. The molecule has 3 aromatic heterocycles. The number of aromatic nitrogens is 4. The second-order valence-electron chi connectivity index (χ2n) is 7.90. The lowest BCUT2D eigenvalue weighted by Crippen LogP contribution is -2.44. The van der Waals surface area contributed by atoms with Crippen molar-refractivity contribution in [2.75, 3.05) is 43.4 Å². The lowest BCUT2D eigenvalue weighted by molar-refractivity contribution is 0.312. The smallest absolute Gasteiger partial charge is 0.150 e. The fourth-order valence-electron chi connectivity index (χ4n) is 3.80. The average molecular weight is 409 g/mol. The zero-order chi connectivity index (χ0) is 21.2. The summed E-state index contributed by atoms with van der Waals surface area (Å²) in [5, 5.41) is 7.86. The maximum atomic E-state index is 6.10. The van der Waals surface area contributed by atoms with Crippen LogP contribution in [0.4, 0.5) is 11.6 Å². The molecular formula is C23H24BN7. The van der Waals surface area contributed by atoms with Gasteiger partial charge in [0.1, 0.15) is 19.5 Å². The van der Waals surface area contributed by atoms with E-state index in [0.29, 0.717) is 17.7 Å². The van der Waals surface area contributed by atoms with E-state index in [1.807, 2.05) is 42.6 Å². The summed E-state index contributed by atoms with van der Waals surface area (Å²) in [6.45, 7) is 4.79. The van der Waals surface area contributed by atoms with Crippen LogP contribution in [-0.2, 0) is 6.54 Å². The minimum Gasteiger partial charge on any atom is -0.366 e. The Bertz CT molecular complexity index is 1170. The van der Waals surface area contributed by atoms with Crippen molar-refractivity contribution in [2.24, 2.45) is 0 Å². The number of rotatable bonds is 5. The maximum absolute atomic E-state index is 6.10. The van der Waals surface area contributed by atoms with E-state index in [1.165, 1.54) is 0 Å². The molecule has 2 radical (unpaired) electrons. The van der Waals surface area contributed by atoms with Crippen molar-refractivity contribution in [3.8, 4) is 11.3 Å². The van der Waals surface area contributed by atoms with E-state index in [9.17, 15) is 0 Å². The Morgan fingerprint density at radius 1 is 1.00 bits per heavy atom. The molecule has 1 aliphatic rings. The van der Waals surface area contributed by atoms with E-state index >= 15 is 0 Å². The highest BCUT2D eigenvalue weighted by molar-refractivity contribution is 6.36. The maximum Gasteiger partial charge on any atom is 0.150 e. The van der Waals surface area contributed by atoms with Gasteiger partial charge in [-0.2, -0.15) is 9.61 Å². The molecule has 31 heavy (non-hydrogen) atoms. The lowest BCUT2D eigenvalue weighted by Gasteiger charge is -2.33. The molecule has 1 aromatic carbocycles. The van der Waals surface area contributed by atoms with Crippen LogP contribution in [0.25, 0.3) is 16.9 Å². The van der Waals surface area contributed by atoms with Crippen molar-refractivity contribution in [3.05, 3.63) is 66.5 Å². The van der Waals surface area contributed by atoms with E-state index in [1.54, 1.807) is 10.7 Å². The number of hydrogen-bond donors (Lipinski definition) is 1. The fourth-order valence-corrected chi connectivity index (χ4v) is 3.80. The van der Waals surface area contributed by atoms with Gasteiger partial charge in [0.25, 0.3) is 0 Å². The van der Waals surface area contributed by atoms with Gasteiger partial charge < -0.3 is 15.1 Å². The number of nitrogens with one attached hydrogen (secondary N) is 1. The SMILES string of the molecule is [B]c1cnn2c(NCc3ccc(N4CCN(C)CC4)nc3)cc(-c3ccccc3)nc12. The van der Waals surface area contributed by atoms with Gasteiger partial charge in [-0.05, 0) is 24.1 Å². The number of likely N-dealkylation sites (N-methyl/N-ethyl adjacent to an activating group) is 1. The Hall–Kier alpha value is -3.39. The zero-order valence-electron chi connectivity index (χ0n) is 17.6. The number of pyridine rings is 1. The third-order valence-corrected chi connectivity index (χ3v) is 5.68. The number of nitrogens with zero attached hydrogens (tertiary/aromatic N) is 6. The van der Waals surface area contributed by atoms with Gasteiger partial charge in [0.05, 0.1) is 5.69 Å². The van der Waals surface area contributed by atoms with Crippen LogP contribution >= 0.6 is 0 Å². The third-order valence-electron chi connectivity index (χ3n) is 5.68. The molecular weight excluding hydrogens is 385 g/mol. The van der Waals surface area contributed by atoms with Crippen LogP contribution in [0.1, 0.15) is 5.56 Å². The van der Waals surface area contributed by atoms with Crippen molar-refractivity contribution in [2.45, 2.75) is 6.54 Å². The molecule has 4 heterocycles. The van der Waals surface area contributed by atoms with Crippen LogP contribution in [0.15, 0.2) is 60.9 Å². The molecule has 1 N–H and O–H groups in total. The highest BCUT2D eigenvalue weighted by Crippen LogP contribution is 2.22. The first-order chi connectivity index (χ1) is 15.2. The standard InChI is InChI=1S/C23H24BN7/c1-29-9-11-30(12-10-29)21-8-7-17(14-25-21)15-26-22-13-20(18-5-3-2-4-6-18)28-23-19(24)16-27-31(22)23/h2-8,13-14,16,26H,9-12,15H2,1H3. The Kier molecular flexibility index (Phi) is 5.30. The summed E-state index contributed by atoms with van der Waals surface area (Å²) in [7, 11) is 8.26. The summed E-state index contributed by atoms with van der Waals surface area (Å²) < 4.78 is 1.74. The van der Waals surface area contributed by atoms with Crippen LogP contribution in [0, 0.1) is 0 Å². The first-order valence-electron chi connectivity index (χ1n) is 10.5. The van der Waals surface area contributed by atoms with Crippen molar-refractivity contribution < 1.29 is 0 Å². The molecule has 0 spiro atoms. The summed E-state index contributed by atoms with van der Waals surface area (Å²) in [5.41, 5.74) is 4.19. The summed E-state index contributed by atoms with van der Waals surface area (Å²) in [6, 6.07) is 16.3. The summed E-state index contributed by atoms with van der Waals surface area (Å²) in [6.07, 6.45) is 3.57. The number of fused-ring (bicyclic) bond motifs is 1. The molecule has 154 valence electrons. The predicted octanol–water partition coefficient (Wildman–Crippen LogP) is 1.95. The van der Waals surface area contributed by atoms with Gasteiger partial charge in [-0.1, -0.05) is 36.4 Å². The Labute approximate surface area is 183 Å². The Morgan fingerprint density at radius 2 is 1.81 bits per heavy atom. The number of piperazine rings is 1. The molecule has 0 unspecified atom stereocenters. The largest absolute Gasteiger partial charge is 0.366 e. The van der Waals surface area contributed by atoms with Crippen LogP contribution in [0.2, 0.25) is 0 Å². The molecule has 4 aromatic rings. The Balaban J connectivity index is 1.36. The number of hydrogen-bond acceptors (Lipinski definition) is 6. The molecule has 0 aliphatic carbocycles. The summed E-state index contributed by atoms with van der Waals surface area (Å²) >= 11 is 0. The second-order valence-corrected chi connectivity index (χ2v) is 7.90. The minimum absolute atomic E-state index is 0.555. The topological polar surface area (TPSA) is 61.6 Å². The summed E-state index contributed by atoms with van der Waals surface area (Å²) in [4.78, 5) is 14.1. The van der Waals surface area contributed by atoms with E-state index in [4.69, 9.17) is 12.8 Å². The summed E-state index contributed by atoms with van der Waals surface area (Å²) in [5.74, 6) is 1.87. The minimum atomic E-state index is 0.555. The van der Waals surface area contributed by atoms with Crippen LogP contribution in [0.5, 0.6) is 0 Å². The fraction of sp³-hybridized carbons (Fsp3) is 0.261. The first-order valence-corrected chi connectivity index (χ1v) is 10.5. The lowest BCUT2D eigenvalue weighted by atomic mass is 10.0. The quantitative estimate of drug-likeness (QED) is 0.509. The molecule has 7 nitrogen and oxygen atoms in total. The third kappa shape index (κ3) is 4.11. The van der Waals surface area contributed by atoms with Crippen LogP contribution in [0.3, 0.4) is 0 Å². The van der Waals surface area contributed by atoms with Crippen molar-refractivity contribution in [1.29, 1.82) is 0 Å². The van der Waals surface area contributed by atoms with E-state index < -0.39 is 0 Å². The molecule has 0 bridgehead atoms. The van der Waals surface area contributed by atoms with E-state index in [2.05, 4.69) is 44.4 Å².